The van der Waals surface area contributed by atoms with Gasteiger partial charge in [-0.2, -0.15) is 0 Å². The zero-order chi connectivity index (χ0) is 29.2. The number of aliphatic hydroxyl groups excluding tert-OH is 7. The summed E-state index contributed by atoms with van der Waals surface area (Å²) in [7, 11) is 0. The molecule has 0 spiro atoms. The third kappa shape index (κ3) is 6.82. The minimum atomic E-state index is -2.19. The number of ether oxygens (including phenoxy) is 2. The van der Waals surface area contributed by atoms with Gasteiger partial charge in [-0.05, 0) is 55.9 Å². The van der Waals surface area contributed by atoms with Gasteiger partial charge in [-0.25, -0.2) is 4.90 Å². The van der Waals surface area contributed by atoms with E-state index in [0.717, 1.165) is 4.47 Å². The van der Waals surface area contributed by atoms with Crippen LogP contribution in [0.4, 0.5) is 5.69 Å². The Kier molecular flexibility index (Phi) is 10.9. The van der Waals surface area contributed by atoms with Crippen molar-refractivity contribution in [3.05, 3.63) is 28.2 Å². The highest BCUT2D eigenvalue weighted by molar-refractivity contribution is 9.10. The molecule has 0 radical (unpaired) electrons. The fourth-order valence-electron chi connectivity index (χ4n) is 6.26. The smallest absolute Gasteiger partial charge is 0.255 e. The lowest BCUT2D eigenvalue weighted by molar-refractivity contribution is -0.387. The molecule has 1 saturated heterocycles. The number of benzene rings is 1. The molecule has 0 unspecified atom stereocenters. The molecule has 40 heavy (non-hydrogen) atoms. The molecule has 0 amide bonds. The summed E-state index contributed by atoms with van der Waals surface area (Å²) in [6.45, 7) is -0.737. The predicted molar refractivity (Wildman–Crippen MR) is 146 cm³/mol. The van der Waals surface area contributed by atoms with E-state index in [1.807, 2.05) is 6.07 Å². The molecule has 2 aliphatic carbocycles. The van der Waals surface area contributed by atoms with Gasteiger partial charge in [0.2, 0.25) is 0 Å². The second kappa shape index (κ2) is 13.6. The van der Waals surface area contributed by atoms with Gasteiger partial charge in [0.05, 0.1) is 44.2 Å². The molecule has 4 rings (SSSR count). The molecule has 1 aromatic rings. The lowest BCUT2D eigenvalue weighted by Gasteiger charge is -2.52. The molecule has 9 atom stereocenters. The predicted octanol–water partition coefficient (Wildman–Crippen LogP) is -1.12. The molecule has 0 aromatic heterocycles. The normalized spacial score (nSPS) is 40.9. The second-order valence-corrected chi connectivity index (χ2v) is 12.4. The van der Waals surface area contributed by atoms with E-state index >= 15 is 0 Å². The summed E-state index contributed by atoms with van der Waals surface area (Å²) >= 11 is 3.45. The van der Waals surface area contributed by atoms with Crippen molar-refractivity contribution in [2.75, 3.05) is 32.2 Å². The van der Waals surface area contributed by atoms with E-state index in [1.165, 1.54) is 0 Å². The zero-order valence-electron chi connectivity index (χ0n) is 22.4. The molecular formula is C27H43BrN2O10. The van der Waals surface area contributed by atoms with Gasteiger partial charge in [0.1, 0.15) is 12.2 Å². The molecule has 228 valence electrons. The molecule has 1 aromatic carbocycles. The highest BCUT2D eigenvalue weighted by Crippen LogP contribution is 2.39. The fraction of sp³-hybridized carbons (Fsp3) is 0.778. The van der Waals surface area contributed by atoms with Crippen LogP contribution in [-0.4, -0.2) is 121 Å². The summed E-state index contributed by atoms with van der Waals surface area (Å²) in [5.41, 5.74) is 7.43. The summed E-state index contributed by atoms with van der Waals surface area (Å²) in [6, 6.07) is 5.12. The van der Waals surface area contributed by atoms with Crippen LogP contribution in [0.1, 0.15) is 37.7 Å². The van der Waals surface area contributed by atoms with Crippen molar-refractivity contribution in [3.63, 3.8) is 0 Å². The maximum Gasteiger partial charge on any atom is 0.255 e. The molecular weight excluding hydrogens is 592 g/mol. The molecule has 10 N–H and O–H groups in total. The highest BCUT2D eigenvalue weighted by atomic mass is 79.9. The van der Waals surface area contributed by atoms with Gasteiger partial charge in [-0.3, -0.25) is 0 Å². The Morgan fingerprint density at radius 1 is 0.975 bits per heavy atom. The molecule has 3 fully saturated rings. The lowest BCUT2D eigenvalue weighted by Crippen LogP contribution is -2.69. The number of halogens is 1. The van der Waals surface area contributed by atoms with Gasteiger partial charge in [0, 0.05) is 47.1 Å². The first kappa shape index (κ1) is 32.0. The van der Waals surface area contributed by atoms with Gasteiger partial charge in [-0.15, -0.1) is 0 Å². The van der Waals surface area contributed by atoms with E-state index < -0.39 is 60.3 Å². The van der Waals surface area contributed by atoms with Crippen LogP contribution in [0.25, 0.3) is 0 Å². The van der Waals surface area contributed by atoms with E-state index in [1.54, 1.807) is 17.0 Å². The number of hydrogen-bond donors (Lipinski definition) is 9. The second-order valence-electron chi connectivity index (χ2n) is 11.5. The summed E-state index contributed by atoms with van der Waals surface area (Å²) in [5.74, 6) is -4.36. The topological polar surface area (TPSA) is 210 Å². The van der Waals surface area contributed by atoms with Crippen molar-refractivity contribution >= 4 is 21.6 Å². The average molecular weight is 636 g/mol. The largest absolute Gasteiger partial charge is 0.398 e. The van der Waals surface area contributed by atoms with Crippen LogP contribution in [0, 0.1) is 17.8 Å². The number of nitrogens with two attached hydrogens (primary N) is 1. The highest BCUT2D eigenvalue weighted by Gasteiger charge is 2.55. The zero-order valence-corrected chi connectivity index (χ0v) is 24.0. The van der Waals surface area contributed by atoms with Gasteiger partial charge >= 0.3 is 0 Å². The molecule has 2 saturated carbocycles. The van der Waals surface area contributed by atoms with Gasteiger partial charge < -0.3 is 56.1 Å². The van der Waals surface area contributed by atoms with Crippen LogP contribution >= 0.6 is 15.9 Å². The Labute approximate surface area is 242 Å². The first-order chi connectivity index (χ1) is 19.0. The van der Waals surface area contributed by atoms with E-state index in [4.69, 9.17) is 15.2 Å². The average Bonchev–Trinajstić information content (AvgIpc) is 2.93. The Balaban J connectivity index is 1.50. The lowest BCUT2D eigenvalue weighted by atomic mass is 9.76. The van der Waals surface area contributed by atoms with Crippen molar-refractivity contribution in [1.29, 1.82) is 0 Å². The molecule has 0 bridgehead atoms. The van der Waals surface area contributed by atoms with E-state index in [0.29, 0.717) is 36.9 Å². The minimum absolute atomic E-state index is 0.0600. The Morgan fingerprint density at radius 3 is 2.33 bits per heavy atom. The number of aliphatic hydroxyl groups is 8. The number of nitrogen functional groups attached to an aromatic ring is 1. The molecule has 12 nitrogen and oxygen atoms in total. The van der Waals surface area contributed by atoms with Crippen LogP contribution < -0.4 is 5.73 Å². The van der Waals surface area contributed by atoms with Gasteiger partial charge in [0.25, 0.3) is 5.91 Å². The summed E-state index contributed by atoms with van der Waals surface area (Å²) < 4.78 is 12.3. The molecule has 1 heterocycles. The number of rotatable bonds is 9. The standard InChI is InChI=1S/C27H43BrN2O10/c28-17-1-6-21(29)14(8-17)9-30(18-2-4-19(32)5-3-18)27(38)26(37)20(22(33)13-40-27)12-39-11-16-7-15(10-31)23(34)25(36)24(16)35/h1,6,8,15-16,18-20,22-26,31-38H,2-5,7,9-13,29H2/t15-,16+,18?,19?,20-,22+,23+,24+,25+,26+,27+/m1/s1. The molecule has 13 heteroatoms. The Morgan fingerprint density at radius 2 is 1.65 bits per heavy atom. The van der Waals surface area contributed by atoms with Crippen LogP contribution in [0.2, 0.25) is 0 Å². The van der Waals surface area contributed by atoms with E-state index in [-0.39, 0.29) is 45.4 Å². The van der Waals surface area contributed by atoms with Crippen LogP contribution in [0.5, 0.6) is 0 Å². The van der Waals surface area contributed by atoms with Gasteiger partial charge in [-0.1, -0.05) is 15.9 Å². The Hall–Kier alpha value is -0.940. The van der Waals surface area contributed by atoms with Crippen molar-refractivity contribution < 1.29 is 50.3 Å². The summed E-state index contributed by atoms with van der Waals surface area (Å²) in [5, 5.41) is 84.2. The van der Waals surface area contributed by atoms with Crippen LogP contribution in [0.15, 0.2) is 22.7 Å². The van der Waals surface area contributed by atoms with E-state index in [9.17, 15) is 40.9 Å². The summed E-state index contributed by atoms with van der Waals surface area (Å²) in [6.07, 6.45) is -4.78. The first-order valence-electron chi connectivity index (χ1n) is 13.9. The SMILES string of the molecule is Nc1ccc(Br)cc1CN(C1CCC(O)CC1)[C@@]1(O)OC[C@H](O)[C@@H](COC[C@@H]2C[C@H](CO)[C@H](O)[C@H](O)[C@H]2O)[C@@H]1O. The number of nitrogens with zero attached hydrogens (tertiary/aromatic N) is 1. The third-order valence-electron chi connectivity index (χ3n) is 8.86. The monoisotopic (exact) mass is 634 g/mol. The minimum Gasteiger partial charge on any atom is -0.398 e. The quantitative estimate of drug-likeness (QED) is 0.117. The number of anilines is 1. The first-order valence-corrected chi connectivity index (χ1v) is 14.7. The van der Waals surface area contributed by atoms with Crippen molar-refractivity contribution in [2.45, 2.75) is 87.2 Å². The molecule has 1 aliphatic heterocycles. The Bertz CT molecular complexity index is 967. The van der Waals surface area contributed by atoms with Crippen LogP contribution in [0.3, 0.4) is 0 Å². The van der Waals surface area contributed by atoms with E-state index in [2.05, 4.69) is 15.9 Å². The van der Waals surface area contributed by atoms with Crippen LogP contribution in [-0.2, 0) is 16.0 Å². The van der Waals surface area contributed by atoms with Crippen molar-refractivity contribution in [1.82, 2.24) is 4.90 Å². The van der Waals surface area contributed by atoms with Gasteiger partial charge in [0.15, 0.2) is 0 Å². The maximum atomic E-state index is 11.9. The molecule has 3 aliphatic rings. The van der Waals surface area contributed by atoms with Crippen molar-refractivity contribution in [2.24, 2.45) is 17.8 Å². The maximum absolute atomic E-state index is 11.9. The fourth-order valence-corrected chi connectivity index (χ4v) is 6.67. The third-order valence-corrected chi connectivity index (χ3v) is 9.36. The van der Waals surface area contributed by atoms with Crippen molar-refractivity contribution in [3.8, 4) is 0 Å². The number of hydrogen-bond acceptors (Lipinski definition) is 12. The summed E-state index contributed by atoms with van der Waals surface area (Å²) in [4.78, 5) is 1.65.